The Morgan fingerprint density at radius 2 is 1.88 bits per heavy atom. The van der Waals surface area contributed by atoms with Gasteiger partial charge in [0.25, 0.3) is 5.91 Å². The Morgan fingerprint density at radius 3 is 2.50 bits per heavy atom. The van der Waals surface area contributed by atoms with Gasteiger partial charge < -0.3 is 9.80 Å². The maximum absolute atomic E-state index is 11.8. The van der Waals surface area contributed by atoms with E-state index in [-0.39, 0.29) is 5.91 Å². The van der Waals surface area contributed by atoms with Gasteiger partial charge in [0.1, 0.15) is 5.82 Å². The molecule has 0 unspecified atom stereocenters. The van der Waals surface area contributed by atoms with Gasteiger partial charge in [-0.15, -0.1) is 0 Å². The van der Waals surface area contributed by atoms with E-state index in [1.165, 1.54) is 22.7 Å². The zero-order valence-electron chi connectivity index (χ0n) is 13.3. The topological polar surface area (TPSA) is 49.3 Å². The molecule has 0 spiro atoms. The van der Waals surface area contributed by atoms with Gasteiger partial charge in [-0.2, -0.15) is 4.37 Å². The van der Waals surface area contributed by atoms with Gasteiger partial charge in [0.05, 0.1) is 0 Å². The number of carbonyl (C=O) groups is 1. The minimum absolute atomic E-state index is 0.227. The number of halogens is 2. The summed E-state index contributed by atoms with van der Waals surface area (Å²) in [7, 11) is 0. The lowest BCUT2D eigenvalue weighted by molar-refractivity contribution is -0.129. The molecule has 0 radical (unpaired) electrons. The molecule has 24 heavy (non-hydrogen) atoms. The molecule has 1 aromatic heterocycles. The SMILES string of the molecule is Cc1ccc(Cc2nsc(N3CCN(C(=O)C(Cl)Cl)CC3)n2)cc1. The van der Waals surface area contributed by atoms with Crippen LogP contribution in [0.15, 0.2) is 24.3 Å². The first kappa shape index (κ1) is 17.5. The van der Waals surface area contributed by atoms with Crippen molar-refractivity contribution in [3.05, 3.63) is 41.2 Å². The van der Waals surface area contributed by atoms with Gasteiger partial charge in [0.2, 0.25) is 5.13 Å². The molecule has 0 N–H and O–H groups in total. The molecule has 0 atom stereocenters. The highest BCUT2D eigenvalue weighted by Gasteiger charge is 2.26. The summed E-state index contributed by atoms with van der Waals surface area (Å²) in [5, 5.41) is 0.900. The van der Waals surface area contributed by atoms with Crippen LogP contribution >= 0.6 is 34.7 Å². The molecule has 0 saturated carbocycles. The molecule has 1 fully saturated rings. The van der Waals surface area contributed by atoms with Crippen LogP contribution in [0.2, 0.25) is 0 Å². The summed E-state index contributed by atoms with van der Waals surface area (Å²) in [4.78, 5) is 19.3. The Labute approximate surface area is 155 Å². The Kier molecular flexibility index (Phi) is 5.58. The number of aryl methyl sites for hydroxylation is 1. The van der Waals surface area contributed by atoms with E-state index < -0.39 is 4.84 Å². The van der Waals surface area contributed by atoms with Crippen molar-refractivity contribution in [1.82, 2.24) is 14.3 Å². The number of rotatable bonds is 4. The van der Waals surface area contributed by atoms with Crippen molar-refractivity contribution in [2.24, 2.45) is 0 Å². The van der Waals surface area contributed by atoms with Crippen molar-refractivity contribution in [1.29, 1.82) is 0 Å². The Hall–Kier alpha value is -1.37. The van der Waals surface area contributed by atoms with Crippen molar-refractivity contribution in [3.63, 3.8) is 0 Å². The smallest absolute Gasteiger partial charge is 0.255 e. The number of benzene rings is 1. The highest BCUT2D eigenvalue weighted by molar-refractivity contribution is 7.09. The third kappa shape index (κ3) is 4.18. The lowest BCUT2D eigenvalue weighted by Crippen LogP contribution is -2.50. The molecule has 1 aliphatic rings. The number of carbonyl (C=O) groups excluding carboxylic acids is 1. The fourth-order valence-corrected chi connectivity index (χ4v) is 3.60. The molecular formula is C16H18Cl2N4OS. The predicted molar refractivity (Wildman–Crippen MR) is 98.2 cm³/mol. The van der Waals surface area contributed by atoms with Crippen LogP contribution < -0.4 is 4.90 Å². The number of amides is 1. The second-order valence-corrected chi connectivity index (χ2v) is 7.60. The Balaban J connectivity index is 1.58. The van der Waals surface area contributed by atoms with E-state index in [9.17, 15) is 4.79 Å². The molecule has 1 saturated heterocycles. The van der Waals surface area contributed by atoms with E-state index in [1.54, 1.807) is 4.90 Å². The van der Waals surface area contributed by atoms with Gasteiger partial charge in [0.15, 0.2) is 4.84 Å². The molecule has 3 rings (SSSR count). The number of hydrogen-bond donors (Lipinski definition) is 0. The minimum atomic E-state index is -0.987. The van der Waals surface area contributed by atoms with E-state index in [4.69, 9.17) is 23.2 Å². The summed E-state index contributed by atoms with van der Waals surface area (Å²) in [5.41, 5.74) is 2.45. The summed E-state index contributed by atoms with van der Waals surface area (Å²) in [6, 6.07) is 8.41. The van der Waals surface area contributed by atoms with Crippen LogP contribution in [0.1, 0.15) is 17.0 Å². The molecule has 2 aromatic rings. The standard InChI is InChI=1S/C16H18Cl2N4OS/c1-11-2-4-12(5-3-11)10-13-19-16(24-20-13)22-8-6-21(7-9-22)15(23)14(17)18/h2-5,14H,6-10H2,1H3. The van der Waals surface area contributed by atoms with E-state index in [0.29, 0.717) is 26.2 Å². The minimum Gasteiger partial charge on any atom is -0.343 e. The van der Waals surface area contributed by atoms with Crippen LogP contribution in [0.25, 0.3) is 0 Å². The van der Waals surface area contributed by atoms with Gasteiger partial charge in [0, 0.05) is 44.1 Å². The van der Waals surface area contributed by atoms with Gasteiger partial charge in [-0.05, 0) is 12.5 Å². The van der Waals surface area contributed by atoms with Crippen LogP contribution in [0.4, 0.5) is 5.13 Å². The zero-order valence-corrected chi connectivity index (χ0v) is 15.6. The monoisotopic (exact) mass is 384 g/mol. The van der Waals surface area contributed by atoms with Gasteiger partial charge in [-0.25, -0.2) is 4.98 Å². The van der Waals surface area contributed by atoms with Crippen LogP contribution in [0.5, 0.6) is 0 Å². The number of nitrogens with zero attached hydrogens (tertiary/aromatic N) is 4. The molecule has 0 aliphatic carbocycles. The average Bonchev–Trinajstić information content (AvgIpc) is 3.05. The summed E-state index contributed by atoms with van der Waals surface area (Å²) in [6.45, 7) is 4.70. The van der Waals surface area contributed by atoms with Crippen LogP contribution in [-0.2, 0) is 11.2 Å². The van der Waals surface area contributed by atoms with E-state index >= 15 is 0 Å². The fourth-order valence-electron chi connectivity index (χ4n) is 2.59. The van der Waals surface area contributed by atoms with Crippen molar-refractivity contribution in [2.75, 3.05) is 31.1 Å². The highest BCUT2D eigenvalue weighted by Crippen LogP contribution is 2.21. The van der Waals surface area contributed by atoms with E-state index in [2.05, 4.69) is 45.4 Å². The quantitative estimate of drug-likeness (QED) is 0.760. The second-order valence-electron chi connectivity index (χ2n) is 5.77. The summed E-state index contributed by atoms with van der Waals surface area (Å²) < 4.78 is 4.46. The lowest BCUT2D eigenvalue weighted by atomic mass is 10.1. The first-order valence-electron chi connectivity index (χ1n) is 7.73. The number of anilines is 1. The first-order chi connectivity index (χ1) is 11.5. The van der Waals surface area contributed by atoms with Gasteiger partial charge >= 0.3 is 0 Å². The fraction of sp³-hybridized carbons (Fsp3) is 0.438. The molecule has 0 bridgehead atoms. The molecule has 1 aromatic carbocycles. The summed E-state index contributed by atoms with van der Waals surface area (Å²) in [5.74, 6) is 0.606. The van der Waals surface area contributed by atoms with Crippen molar-refractivity contribution >= 4 is 45.8 Å². The summed E-state index contributed by atoms with van der Waals surface area (Å²) >= 11 is 12.7. The van der Waals surface area contributed by atoms with Crippen LogP contribution in [-0.4, -0.2) is 51.2 Å². The molecule has 2 heterocycles. The first-order valence-corrected chi connectivity index (χ1v) is 9.37. The maximum atomic E-state index is 11.8. The van der Waals surface area contributed by atoms with E-state index in [0.717, 1.165) is 17.4 Å². The van der Waals surface area contributed by atoms with Crippen molar-refractivity contribution in [2.45, 2.75) is 18.2 Å². The number of hydrogen-bond acceptors (Lipinski definition) is 5. The largest absolute Gasteiger partial charge is 0.343 e. The van der Waals surface area contributed by atoms with E-state index in [1.807, 2.05) is 0 Å². The van der Waals surface area contributed by atoms with Crippen LogP contribution in [0, 0.1) is 6.92 Å². The lowest BCUT2D eigenvalue weighted by Gasteiger charge is -2.34. The Morgan fingerprint density at radius 1 is 1.21 bits per heavy atom. The normalized spacial score (nSPS) is 15.2. The Bertz CT molecular complexity index is 696. The third-order valence-corrected chi connectivity index (χ3v) is 5.18. The number of piperazine rings is 1. The van der Waals surface area contributed by atoms with Gasteiger partial charge in [-0.1, -0.05) is 53.0 Å². The second kappa shape index (κ2) is 7.68. The third-order valence-electron chi connectivity index (χ3n) is 3.99. The van der Waals surface area contributed by atoms with Crippen LogP contribution in [0.3, 0.4) is 0 Å². The van der Waals surface area contributed by atoms with Gasteiger partial charge in [-0.3, -0.25) is 4.79 Å². The average molecular weight is 385 g/mol. The van der Waals surface area contributed by atoms with Crippen molar-refractivity contribution < 1.29 is 4.79 Å². The van der Waals surface area contributed by atoms with Crippen molar-refractivity contribution in [3.8, 4) is 0 Å². The molecular weight excluding hydrogens is 367 g/mol. The zero-order chi connectivity index (χ0) is 17.1. The predicted octanol–water partition coefficient (Wildman–Crippen LogP) is 2.89. The molecule has 8 heteroatoms. The molecule has 1 amide bonds. The maximum Gasteiger partial charge on any atom is 0.255 e. The number of aromatic nitrogens is 2. The summed E-state index contributed by atoms with van der Waals surface area (Å²) in [6.07, 6.45) is 0.732. The number of alkyl halides is 2. The highest BCUT2D eigenvalue weighted by atomic mass is 35.5. The molecule has 5 nitrogen and oxygen atoms in total. The molecule has 128 valence electrons. The molecule has 1 aliphatic heterocycles.